The smallest absolute Gasteiger partial charge is 1.00 e. The standard InChI is InChI=1S/C25H24F3N5O3.C15H15F3N4O4.C10H7ClF3N3O2.C9H10N2.C6H8O2.C5HCl2F3N2.C5H9NO2.CH3F.Na.H/c26-25(27,28)24-31-21(14-23(32-24)36-18-10-11-30-22(35)13-18)33-12-2-4-19(33)20(34)5-1-3-16-6-8-17(15-29)9-7-16;16-15(17,18)14-20-10(22-5-1-2-9(22)13(24)25)7-12(21-14)26-8-3-4-19-11(23)6-8;11-6-4-8(17-9(16-6)10(12,13)14)19-5-1-2-15-7(18)3-5;10-6-5-8-1-3-9(7-11)4-2-8;7-5-2-1-3-6(8)4-5;6-2-1-3(7)12-4(11-2)5(8,9)10;7-5(8)4-2-1-3-6-4;1-2;;/h6-9,13-14,19H,1-5,10-12H2,(H,30,35);6-7,9H,1-5H2,(H,19,23)(H,24,25);3-4H,1-2H2,(H,15,18);1-4H,5-6,10H2;1-4H2;1H;4,6H,1-3H2,(H,7,8);1H3;;/q;;;;;;;;+1;-1/t19-;9-;;;;;4-;;;/m00....0.../s1/i;;;;;;;1D;;. The molecule has 2 aromatic carbocycles. The number of benzene rings is 2. The molecule has 4 aromatic heterocycles. The summed E-state index contributed by atoms with van der Waals surface area (Å²) in [6.07, 6.45) is -6.21. The number of carbonyl (C=O) groups excluding carboxylic acids is 6. The maximum absolute atomic E-state index is 13.5. The van der Waals surface area contributed by atoms with Crippen molar-refractivity contribution in [2.24, 2.45) is 5.73 Å². The van der Waals surface area contributed by atoms with Gasteiger partial charge in [-0.15, -0.1) is 0 Å². The van der Waals surface area contributed by atoms with E-state index in [1.54, 1.807) is 17.0 Å². The summed E-state index contributed by atoms with van der Waals surface area (Å²) in [5, 5.41) is 44.4. The average Bonchev–Trinajstić information content (AvgIpc) is 1.75. The molecule has 0 radical (unpaired) electrons. The van der Waals surface area contributed by atoms with E-state index in [4.69, 9.17) is 71.7 Å². The summed E-state index contributed by atoms with van der Waals surface area (Å²) in [5.74, 6) is -9.09. The minimum atomic E-state index is -4.83. The normalized spacial score (nSPS) is 17.4. The van der Waals surface area contributed by atoms with Crippen molar-refractivity contribution in [1.29, 1.82) is 10.5 Å². The predicted octanol–water partition coefficient (Wildman–Crippen LogP) is 9.06. The topological polar surface area (TPSA) is 436 Å². The Balaban J connectivity index is 0.000000324. The average molecular weight is 1810 g/mol. The van der Waals surface area contributed by atoms with Gasteiger partial charge in [-0.25, -0.2) is 29.7 Å². The quantitative estimate of drug-likeness (QED) is 0.0194. The van der Waals surface area contributed by atoms with Crippen molar-refractivity contribution in [3.05, 3.63) is 169 Å². The number of aliphatic carboxylic acids is 2. The number of carboxylic acid groups (broad SMARTS) is 2. The molecule has 658 valence electrons. The number of ether oxygens (including phenoxy) is 3. The van der Waals surface area contributed by atoms with Crippen molar-refractivity contribution in [3.63, 3.8) is 0 Å². The number of nitrogens with two attached hydrogens (primary N) is 1. The van der Waals surface area contributed by atoms with E-state index in [2.05, 4.69) is 73.3 Å². The number of anilines is 2. The first-order valence-corrected chi connectivity index (χ1v) is 37.8. The zero-order chi connectivity index (χ0) is 90.8. The van der Waals surface area contributed by atoms with Crippen LogP contribution in [0.15, 0.2) is 108 Å². The summed E-state index contributed by atoms with van der Waals surface area (Å²) < 4.78 is 185. The molecule has 30 nitrogen and oxygen atoms in total. The van der Waals surface area contributed by atoms with Gasteiger partial charge >= 0.3 is 66.2 Å². The Morgan fingerprint density at radius 2 is 0.902 bits per heavy atom. The number of hydrogen-bond acceptors (Lipinski definition) is 25. The molecule has 10 heterocycles. The summed E-state index contributed by atoms with van der Waals surface area (Å²) in [4.78, 5) is 118. The Labute approximate surface area is 732 Å². The van der Waals surface area contributed by atoms with Crippen LogP contribution < -0.4 is 80.6 Å². The molecule has 1 aliphatic carbocycles. The van der Waals surface area contributed by atoms with Gasteiger partial charge in [-0.1, -0.05) is 59.1 Å². The molecule has 3 saturated heterocycles. The van der Waals surface area contributed by atoms with E-state index in [1.165, 1.54) is 22.6 Å². The first-order chi connectivity index (χ1) is 58.1. The SMILES string of the molecule is FC(F)(F)c1nc(Cl)cc(Cl)n1.N#Cc1ccc(CCCC(=O)[C@@H]2CCCN2c2cc(OC3=CC(=O)NCC3)nc(C(F)(F)F)n2)cc1.N#Cc1ccc(CCN)cc1.O=C(O)[C@@H]1CCCN1.O=C1C=C(Oc2cc(Cl)nc(C(F)(F)F)n2)CCN1.O=C1C=C(Oc2cc(N3CCC[C@H]3C(=O)O)nc(C(F)(F)F)n2)CCN1.O=C1CCCC(=O)C1.[2H]CF.[H-].[Na+]. The molecule has 6 aliphatic heterocycles. The molecule has 123 heavy (non-hydrogen) atoms. The third-order valence-corrected chi connectivity index (χ3v) is 17.8. The van der Waals surface area contributed by atoms with Crippen molar-refractivity contribution in [2.45, 2.75) is 152 Å². The Kier molecular flexibility index (Phi) is 40.6. The van der Waals surface area contributed by atoms with Crippen molar-refractivity contribution >= 4 is 93.4 Å². The van der Waals surface area contributed by atoms with Gasteiger partial charge in [0.05, 0.1) is 44.3 Å². The molecule has 1 saturated carbocycles. The van der Waals surface area contributed by atoms with Gasteiger partial charge < -0.3 is 62.7 Å². The fourth-order valence-electron chi connectivity index (χ4n) is 11.7. The maximum atomic E-state index is 13.5. The van der Waals surface area contributed by atoms with E-state index in [9.17, 15) is 101 Å². The van der Waals surface area contributed by atoms with Gasteiger partial charge in [-0.2, -0.15) is 78.2 Å². The second kappa shape index (κ2) is 49.5. The van der Waals surface area contributed by atoms with E-state index >= 15 is 0 Å². The molecule has 7 aliphatic rings. The molecule has 4 fully saturated rings. The number of hydrogen-bond donors (Lipinski definition) is 7. The van der Waals surface area contributed by atoms with Crippen LogP contribution in [-0.4, -0.2) is 168 Å². The molecular formula is C76H78Cl3F13N17NaO13. The number of nitrogens with zero attached hydrogens (tertiary/aromatic N) is 12. The number of Topliss-reactive ketones (excluding diaryl/α,β-unsaturated/α-hetero) is 3. The number of rotatable bonds is 17. The molecule has 0 spiro atoms. The Morgan fingerprint density at radius 1 is 0.528 bits per heavy atom. The van der Waals surface area contributed by atoms with E-state index < -0.39 is 96.1 Å². The summed E-state index contributed by atoms with van der Waals surface area (Å²) in [5.41, 5.74) is 8.82. The summed E-state index contributed by atoms with van der Waals surface area (Å²) >= 11 is 15.9. The molecule has 0 bridgehead atoms. The van der Waals surface area contributed by atoms with Crippen LogP contribution in [0.25, 0.3) is 0 Å². The van der Waals surface area contributed by atoms with Crippen LogP contribution >= 0.6 is 34.8 Å². The van der Waals surface area contributed by atoms with Crippen LogP contribution in [-0.2, 0) is 75.9 Å². The van der Waals surface area contributed by atoms with E-state index in [1.807, 2.05) is 36.4 Å². The van der Waals surface area contributed by atoms with Crippen LogP contribution in [0, 0.1) is 22.7 Å². The minimum absolute atomic E-state index is 0. The number of nitrogens with one attached hydrogen (secondary N) is 4. The number of carbonyl (C=O) groups is 8. The molecule has 6 aromatic rings. The molecule has 0 unspecified atom stereocenters. The van der Waals surface area contributed by atoms with Crippen molar-refractivity contribution in [2.75, 3.05) is 62.8 Å². The van der Waals surface area contributed by atoms with Crippen molar-refractivity contribution < 1.29 is 152 Å². The molecular weight excluding hydrogens is 1740 g/mol. The number of aryl methyl sites for hydroxylation is 1. The number of halogens is 16. The number of amides is 3. The summed E-state index contributed by atoms with van der Waals surface area (Å²) in [6, 6.07) is 21.4. The number of carboxylic acids is 2. The third kappa shape index (κ3) is 35.5. The van der Waals surface area contributed by atoms with Gasteiger partial charge in [0.2, 0.25) is 58.7 Å². The first kappa shape index (κ1) is 101. The van der Waals surface area contributed by atoms with Crippen LogP contribution in [0.4, 0.5) is 68.7 Å². The fourth-order valence-corrected chi connectivity index (χ4v) is 12.3. The number of alkyl halides is 13. The zero-order valence-electron chi connectivity index (χ0n) is 66.9. The number of aromatic nitrogens is 8. The minimum Gasteiger partial charge on any atom is -1.00 e. The first-order valence-electron chi connectivity index (χ1n) is 37.4. The monoisotopic (exact) mass is 1810 g/mol. The van der Waals surface area contributed by atoms with Gasteiger partial charge in [0, 0.05) is 114 Å². The molecule has 13 rings (SSSR count). The zero-order valence-corrected chi connectivity index (χ0v) is 69.2. The Morgan fingerprint density at radius 3 is 1.24 bits per heavy atom. The second-order valence-corrected chi connectivity index (χ2v) is 27.5. The summed E-state index contributed by atoms with van der Waals surface area (Å²) in [7, 11) is -1.00. The third-order valence-electron chi connectivity index (χ3n) is 17.2. The van der Waals surface area contributed by atoms with E-state index in [0.717, 1.165) is 68.1 Å². The molecule has 3 atom stereocenters. The number of nitriles is 2. The van der Waals surface area contributed by atoms with Gasteiger partial charge in [0.25, 0.3) is 0 Å². The molecule has 47 heteroatoms. The van der Waals surface area contributed by atoms with Crippen LogP contribution in [0.2, 0.25) is 15.5 Å². The van der Waals surface area contributed by atoms with Gasteiger partial charge in [-0.3, -0.25) is 38.0 Å². The second-order valence-electron chi connectivity index (χ2n) is 26.3. The van der Waals surface area contributed by atoms with Crippen LogP contribution in [0.3, 0.4) is 0 Å². The number of ketones is 3. The fraction of sp³-hybridized carbons (Fsp3) is 0.421. The Bertz CT molecular complexity index is 4830. The molecule has 3 amide bonds. The van der Waals surface area contributed by atoms with Crippen LogP contribution in [0.1, 0.15) is 145 Å². The maximum Gasteiger partial charge on any atom is 1.00 e. The van der Waals surface area contributed by atoms with Crippen molar-refractivity contribution in [3.8, 4) is 29.8 Å². The van der Waals surface area contributed by atoms with Gasteiger partial charge in [-0.05, 0) is 113 Å². The Hall–Kier alpha value is -10.8. The van der Waals surface area contributed by atoms with Gasteiger partial charge in [0.15, 0.2) is 5.78 Å². The van der Waals surface area contributed by atoms with Crippen LogP contribution in [0.5, 0.6) is 17.6 Å². The summed E-state index contributed by atoms with van der Waals surface area (Å²) in [6.45, 7) is 3.10. The predicted molar refractivity (Wildman–Crippen MR) is 409 cm³/mol. The van der Waals surface area contributed by atoms with E-state index in [0.29, 0.717) is 114 Å². The van der Waals surface area contributed by atoms with E-state index in [-0.39, 0.29) is 137 Å². The van der Waals surface area contributed by atoms with Gasteiger partial charge in [0.1, 0.15) is 68.0 Å². The largest absolute Gasteiger partial charge is 1.00 e. The molecule has 8 N–H and O–H groups in total. The van der Waals surface area contributed by atoms with Crippen molar-refractivity contribution in [1.82, 2.24) is 61.1 Å².